The van der Waals surface area contributed by atoms with Gasteiger partial charge in [0.1, 0.15) is 0 Å². The molecule has 13 heavy (non-hydrogen) atoms. The van der Waals surface area contributed by atoms with Crippen LogP contribution in [0.25, 0.3) is 0 Å². The van der Waals surface area contributed by atoms with Gasteiger partial charge in [-0.2, -0.15) is 5.06 Å². The minimum absolute atomic E-state index is 0.351. The molecule has 1 atom stereocenters. The average Bonchev–Trinajstić information content (AvgIpc) is 2.16. The summed E-state index contributed by atoms with van der Waals surface area (Å²) in [6.45, 7) is 8.93. The van der Waals surface area contributed by atoms with Crippen molar-refractivity contribution < 1.29 is 9.57 Å². The number of hydrogen-bond acceptors (Lipinski definition) is 3. The molecule has 1 rings (SSSR count). The second kappa shape index (κ2) is 6.13. The van der Waals surface area contributed by atoms with Gasteiger partial charge in [0.2, 0.25) is 0 Å². The van der Waals surface area contributed by atoms with Crippen LogP contribution < -0.4 is 0 Å². The molecule has 1 aliphatic heterocycles. The van der Waals surface area contributed by atoms with E-state index in [0.29, 0.717) is 12.7 Å². The Balaban J connectivity index is 2.20. The van der Waals surface area contributed by atoms with Crippen LogP contribution >= 0.6 is 0 Å². The molecule has 1 unspecified atom stereocenters. The van der Waals surface area contributed by atoms with E-state index in [4.69, 9.17) is 9.57 Å². The van der Waals surface area contributed by atoms with Crippen molar-refractivity contribution in [3.63, 3.8) is 0 Å². The van der Waals surface area contributed by atoms with Gasteiger partial charge in [-0.05, 0) is 6.42 Å². The van der Waals surface area contributed by atoms with E-state index in [1.165, 1.54) is 6.42 Å². The zero-order chi connectivity index (χ0) is 9.52. The van der Waals surface area contributed by atoms with Crippen LogP contribution in [-0.4, -0.2) is 37.5 Å². The number of hydrogen-bond donors (Lipinski definition) is 0. The predicted octanol–water partition coefficient (Wildman–Crippen LogP) is 1.60. The zero-order valence-corrected chi connectivity index (χ0v) is 8.37. The summed E-state index contributed by atoms with van der Waals surface area (Å²) in [5.74, 6) is 0. The molecule has 0 aromatic rings. The summed E-state index contributed by atoms with van der Waals surface area (Å²) in [6, 6.07) is 0. The SMILES string of the molecule is C=CCON1CCOC(CCC)C1. The summed E-state index contributed by atoms with van der Waals surface area (Å²) in [7, 11) is 0. The maximum Gasteiger partial charge on any atom is 0.0864 e. The van der Waals surface area contributed by atoms with Crippen molar-refractivity contribution in [2.75, 3.05) is 26.3 Å². The predicted molar refractivity (Wildman–Crippen MR) is 52.4 cm³/mol. The quantitative estimate of drug-likeness (QED) is 0.607. The summed E-state index contributed by atoms with van der Waals surface area (Å²) >= 11 is 0. The monoisotopic (exact) mass is 185 g/mol. The Morgan fingerprint density at radius 3 is 3.23 bits per heavy atom. The third kappa shape index (κ3) is 3.89. The second-order valence-electron chi connectivity index (χ2n) is 3.25. The Hall–Kier alpha value is -0.380. The lowest BCUT2D eigenvalue weighted by atomic mass is 10.2. The molecule has 0 aromatic carbocycles. The lowest BCUT2D eigenvalue weighted by Gasteiger charge is -2.31. The molecule has 0 bridgehead atoms. The van der Waals surface area contributed by atoms with Crippen molar-refractivity contribution in [3.05, 3.63) is 12.7 Å². The standard InChI is InChI=1S/C10H19NO2/c1-3-5-10-9-11(6-8-12-10)13-7-4-2/h4,10H,2-3,5-9H2,1H3. The number of ether oxygens (including phenoxy) is 1. The summed E-state index contributed by atoms with van der Waals surface area (Å²) in [5, 5.41) is 1.98. The van der Waals surface area contributed by atoms with Gasteiger partial charge in [-0.1, -0.05) is 19.4 Å². The maximum absolute atomic E-state index is 5.58. The molecule has 1 heterocycles. The van der Waals surface area contributed by atoms with Crippen molar-refractivity contribution in [3.8, 4) is 0 Å². The third-order valence-electron chi connectivity index (χ3n) is 2.09. The molecule has 0 aliphatic carbocycles. The van der Waals surface area contributed by atoms with Crippen molar-refractivity contribution >= 4 is 0 Å². The first-order chi connectivity index (χ1) is 6.36. The summed E-state index contributed by atoms with van der Waals surface area (Å²) < 4.78 is 5.58. The number of hydroxylamine groups is 2. The van der Waals surface area contributed by atoms with E-state index in [9.17, 15) is 0 Å². The van der Waals surface area contributed by atoms with Crippen LogP contribution in [0.2, 0.25) is 0 Å². The molecule has 3 heteroatoms. The first-order valence-electron chi connectivity index (χ1n) is 4.97. The Morgan fingerprint density at radius 1 is 1.69 bits per heavy atom. The first-order valence-corrected chi connectivity index (χ1v) is 4.97. The maximum atomic E-state index is 5.58. The molecular weight excluding hydrogens is 166 g/mol. The van der Waals surface area contributed by atoms with Crippen LogP contribution in [0.5, 0.6) is 0 Å². The number of rotatable bonds is 5. The van der Waals surface area contributed by atoms with E-state index in [1.54, 1.807) is 6.08 Å². The van der Waals surface area contributed by atoms with E-state index in [0.717, 1.165) is 26.1 Å². The largest absolute Gasteiger partial charge is 0.375 e. The van der Waals surface area contributed by atoms with Crippen LogP contribution in [0.15, 0.2) is 12.7 Å². The molecule has 1 aliphatic rings. The molecule has 0 aromatic heterocycles. The molecule has 76 valence electrons. The molecular formula is C10H19NO2. The zero-order valence-electron chi connectivity index (χ0n) is 8.37. The Labute approximate surface area is 80.3 Å². The van der Waals surface area contributed by atoms with Gasteiger partial charge in [-0.25, -0.2) is 0 Å². The smallest absolute Gasteiger partial charge is 0.0864 e. The molecule has 3 nitrogen and oxygen atoms in total. The van der Waals surface area contributed by atoms with Crippen LogP contribution in [0.4, 0.5) is 0 Å². The molecule has 0 spiro atoms. The van der Waals surface area contributed by atoms with Crippen LogP contribution in [0.1, 0.15) is 19.8 Å². The molecule has 0 saturated carbocycles. The van der Waals surface area contributed by atoms with E-state index >= 15 is 0 Å². The number of morpholine rings is 1. The fourth-order valence-electron chi connectivity index (χ4n) is 1.46. The van der Waals surface area contributed by atoms with Gasteiger partial charge in [-0.3, -0.25) is 4.84 Å². The van der Waals surface area contributed by atoms with Gasteiger partial charge in [0.25, 0.3) is 0 Å². The highest BCUT2D eigenvalue weighted by molar-refractivity contribution is 4.68. The van der Waals surface area contributed by atoms with Crippen molar-refractivity contribution in [2.24, 2.45) is 0 Å². The molecule has 1 fully saturated rings. The van der Waals surface area contributed by atoms with Gasteiger partial charge in [0.15, 0.2) is 0 Å². The average molecular weight is 185 g/mol. The first kappa shape index (κ1) is 10.7. The van der Waals surface area contributed by atoms with Gasteiger partial charge >= 0.3 is 0 Å². The highest BCUT2D eigenvalue weighted by Gasteiger charge is 2.19. The molecule has 0 radical (unpaired) electrons. The lowest BCUT2D eigenvalue weighted by Crippen LogP contribution is -2.42. The summed E-state index contributed by atoms with van der Waals surface area (Å²) in [4.78, 5) is 5.44. The highest BCUT2D eigenvalue weighted by atomic mass is 16.7. The van der Waals surface area contributed by atoms with E-state index in [1.807, 2.05) is 5.06 Å². The fourth-order valence-corrected chi connectivity index (χ4v) is 1.46. The molecule has 1 saturated heterocycles. The molecule has 0 N–H and O–H groups in total. The van der Waals surface area contributed by atoms with Crippen LogP contribution in [0.3, 0.4) is 0 Å². The minimum Gasteiger partial charge on any atom is -0.375 e. The summed E-state index contributed by atoms with van der Waals surface area (Å²) in [5.41, 5.74) is 0. The van der Waals surface area contributed by atoms with Crippen molar-refractivity contribution in [1.82, 2.24) is 5.06 Å². The van der Waals surface area contributed by atoms with Crippen molar-refractivity contribution in [2.45, 2.75) is 25.9 Å². The lowest BCUT2D eigenvalue weighted by molar-refractivity contribution is -0.205. The van der Waals surface area contributed by atoms with Gasteiger partial charge in [0, 0.05) is 6.54 Å². The molecule has 0 amide bonds. The normalized spacial score (nSPS) is 24.5. The van der Waals surface area contributed by atoms with E-state index < -0.39 is 0 Å². The van der Waals surface area contributed by atoms with Crippen LogP contribution in [0, 0.1) is 0 Å². The second-order valence-corrected chi connectivity index (χ2v) is 3.25. The van der Waals surface area contributed by atoms with E-state index in [2.05, 4.69) is 13.5 Å². The summed E-state index contributed by atoms with van der Waals surface area (Å²) in [6.07, 6.45) is 4.40. The van der Waals surface area contributed by atoms with E-state index in [-0.39, 0.29) is 0 Å². The minimum atomic E-state index is 0.351. The van der Waals surface area contributed by atoms with Crippen molar-refractivity contribution in [1.29, 1.82) is 0 Å². The Bertz CT molecular complexity index is 148. The Morgan fingerprint density at radius 2 is 2.54 bits per heavy atom. The topological polar surface area (TPSA) is 21.7 Å². The third-order valence-corrected chi connectivity index (χ3v) is 2.09. The van der Waals surface area contributed by atoms with Gasteiger partial charge < -0.3 is 4.74 Å². The Kier molecular flexibility index (Phi) is 5.05. The van der Waals surface area contributed by atoms with Gasteiger partial charge in [-0.15, -0.1) is 6.58 Å². The number of nitrogens with zero attached hydrogens (tertiary/aromatic N) is 1. The highest BCUT2D eigenvalue weighted by Crippen LogP contribution is 2.10. The fraction of sp³-hybridized carbons (Fsp3) is 0.800. The van der Waals surface area contributed by atoms with Gasteiger partial charge in [0.05, 0.1) is 25.9 Å². The van der Waals surface area contributed by atoms with Crippen LogP contribution in [-0.2, 0) is 9.57 Å².